The van der Waals surface area contributed by atoms with E-state index >= 15 is 0 Å². The van der Waals surface area contributed by atoms with E-state index in [2.05, 4.69) is 26.5 Å². The number of carbonyl (C=O) groups is 1. The average molecular weight is 395 g/mol. The van der Waals surface area contributed by atoms with Crippen LogP contribution in [-0.4, -0.2) is 35.2 Å². The number of nitrogens with zero attached hydrogens (tertiary/aromatic N) is 2. The van der Waals surface area contributed by atoms with Crippen LogP contribution < -0.4 is 10.2 Å². The Morgan fingerprint density at radius 3 is 2.57 bits per heavy atom. The number of nitrogens with one attached hydrogen (secondary N) is 2. The third-order valence-electron chi connectivity index (χ3n) is 5.05. The van der Waals surface area contributed by atoms with Crippen LogP contribution in [0.3, 0.4) is 0 Å². The number of aryl methyl sites for hydroxylation is 2. The minimum Gasteiger partial charge on any atom is -0.353 e. The molecule has 0 saturated carbocycles. The SMILES string of the molecule is Cc1cc(C)cc(C(=O)N[C@@H]2CCN(c3cc(-c4ccc(Cl)cc4)[nH]n3)C2)c1. The molecule has 5 nitrogen and oxygen atoms in total. The lowest BCUT2D eigenvalue weighted by Crippen LogP contribution is -2.37. The number of aromatic nitrogens is 2. The molecule has 1 amide bonds. The molecule has 1 fully saturated rings. The molecule has 2 heterocycles. The van der Waals surface area contributed by atoms with Crippen LogP contribution >= 0.6 is 11.6 Å². The highest BCUT2D eigenvalue weighted by molar-refractivity contribution is 6.30. The third kappa shape index (κ3) is 4.04. The molecule has 2 aromatic carbocycles. The van der Waals surface area contributed by atoms with Crippen LogP contribution in [0.15, 0.2) is 48.5 Å². The van der Waals surface area contributed by atoms with Crippen molar-refractivity contribution >= 4 is 23.3 Å². The summed E-state index contributed by atoms with van der Waals surface area (Å²) in [6, 6.07) is 15.8. The van der Waals surface area contributed by atoms with Crippen molar-refractivity contribution in [3.63, 3.8) is 0 Å². The summed E-state index contributed by atoms with van der Waals surface area (Å²) < 4.78 is 0. The molecule has 0 unspecified atom stereocenters. The van der Waals surface area contributed by atoms with Crippen LogP contribution in [0.2, 0.25) is 5.02 Å². The second-order valence-corrected chi connectivity index (χ2v) is 7.86. The molecule has 6 heteroatoms. The van der Waals surface area contributed by atoms with E-state index in [1.54, 1.807) is 0 Å². The summed E-state index contributed by atoms with van der Waals surface area (Å²) in [6.07, 6.45) is 0.902. The first-order valence-electron chi connectivity index (χ1n) is 9.43. The lowest BCUT2D eigenvalue weighted by Gasteiger charge is -2.16. The van der Waals surface area contributed by atoms with Crippen molar-refractivity contribution in [2.75, 3.05) is 18.0 Å². The normalized spacial score (nSPS) is 16.4. The summed E-state index contributed by atoms with van der Waals surface area (Å²) >= 11 is 5.96. The summed E-state index contributed by atoms with van der Waals surface area (Å²) in [6.45, 7) is 5.64. The van der Waals surface area contributed by atoms with E-state index in [4.69, 9.17) is 11.6 Å². The Hall–Kier alpha value is -2.79. The van der Waals surface area contributed by atoms with Gasteiger partial charge in [0.15, 0.2) is 5.82 Å². The van der Waals surface area contributed by atoms with Crippen molar-refractivity contribution in [2.45, 2.75) is 26.3 Å². The summed E-state index contributed by atoms with van der Waals surface area (Å²) in [4.78, 5) is 14.8. The van der Waals surface area contributed by atoms with Gasteiger partial charge in [-0.05, 0) is 50.1 Å². The predicted octanol–water partition coefficient (Wildman–Crippen LogP) is 4.36. The van der Waals surface area contributed by atoms with Crippen LogP contribution in [0.25, 0.3) is 11.3 Å². The first kappa shape index (κ1) is 18.6. The summed E-state index contributed by atoms with van der Waals surface area (Å²) in [5.41, 5.74) is 4.92. The molecule has 4 rings (SSSR count). The zero-order valence-corrected chi connectivity index (χ0v) is 16.8. The Balaban J connectivity index is 1.40. The van der Waals surface area contributed by atoms with Crippen molar-refractivity contribution in [1.82, 2.24) is 15.5 Å². The zero-order chi connectivity index (χ0) is 19.7. The minimum atomic E-state index is -0.0115. The van der Waals surface area contributed by atoms with Gasteiger partial charge in [-0.1, -0.05) is 40.9 Å². The van der Waals surface area contributed by atoms with Crippen LogP contribution in [0.5, 0.6) is 0 Å². The number of anilines is 1. The second-order valence-electron chi connectivity index (χ2n) is 7.43. The number of amides is 1. The Morgan fingerprint density at radius 1 is 1.14 bits per heavy atom. The van der Waals surface area contributed by atoms with Gasteiger partial charge in [0.05, 0.1) is 5.69 Å². The molecule has 0 aliphatic carbocycles. The number of aromatic amines is 1. The zero-order valence-electron chi connectivity index (χ0n) is 16.0. The van der Waals surface area contributed by atoms with Crippen LogP contribution in [-0.2, 0) is 0 Å². The predicted molar refractivity (Wildman–Crippen MR) is 113 cm³/mol. The van der Waals surface area contributed by atoms with Crippen LogP contribution in [0.1, 0.15) is 27.9 Å². The molecule has 0 radical (unpaired) electrons. The fraction of sp³-hybridized carbons (Fsp3) is 0.273. The van der Waals surface area contributed by atoms with Gasteiger partial charge in [0.2, 0.25) is 0 Å². The molecule has 1 aromatic heterocycles. The van der Waals surface area contributed by atoms with E-state index in [1.165, 1.54) is 0 Å². The molecular weight excluding hydrogens is 372 g/mol. The standard InChI is InChI=1S/C22H23ClN4O/c1-14-9-15(2)11-17(10-14)22(28)24-19-7-8-27(13-19)21-12-20(25-26-21)16-3-5-18(23)6-4-16/h3-6,9-12,19H,7-8,13H2,1-2H3,(H,24,28)(H,25,26)/t19-/m1/s1. The van der Waals surface area contributed by atoms with Gasteiger partial charge in [-0.3, -0.25) is 9.89 Å². The van der Waals surface area contributed by atoms with Crippen molar-refractivity contribution in [3.05, 3.63) is 70.2 Å². The van der Waals surface area contributed by atoms with Gasteiger partial charge in [-0.15, -0.1) is 0 Å². The largest absolute Gasteiger partial charge is 0.353 e. The third-order valence-corrected chi connectivity index (χ3v) is 5.30. The van der Waals surface area contributed by atoms with Gasteiger partial charge in [-0.2, -0.15) is 5.10 Å². The van der Waals surface area contributed by atoms with Gasteiger partial charge in [0.25, 0.3) is 5.91 Å². The number of rotatable bonds is 4. The number of benzene rings is 2. The van der Waals surface area contributed by atoms with Gasteiger partial charge in [0, 0.05) is 35.8 Å². The molecule has 28 heavy (non-hydrogen) atoms. The summed E-state index contributed by atoms with van der Waals surface area (Å²) in [7, 11) is 0. The lowest BCUT2D eigenvalue weighted by atomic mass is 10.1. The van der Waals surface area contributed by atoms with E-state index in [0.717, 1.165) is 53.3 Å². The maximum atomic E-state index is 12.6. The average Bonchev–Trinajstić information content (AvgIpc) is 3.31. The van der Waals surface area contributed by atoms with Gasteiger partial charge in [0.1, 0.15) is 0 Å². The van der Waals surface area contributed by atoms with Gasteiger partial charge >= 0.3 is 0 Å². The van der Waals surface area contributed by atoms with Crippen molar-refractivity contribution < 1.29 is 4.79 Å². The Labute approximate surface area is 169 Å². The smallest absolute Gasteiger partial charge is 0.251 e. The lowest BCUT2D eigenvalue weighted by molar-refractivity contribution is 0.0940. The van der Waals surface area contributed by atoms with E-state index in [-0.39, 0.29) is 11.9 Å². The number of carbonyl (C=O) groups excluding carboxylic acids is 1. The van der Waals surface area contributed by atoms with Crippen molar-refractivity contribution in [1.29, 1.82) is 0 Å². The first-order valence-corrected chi connectivity index (χ1v) is 9.81. The topological polar surface area (TPSA) is 61.0 Å². The van der Waals surface area contributed by atoms with Crippen molar-refractivity contribution in [2.24, 2.45) is 0 Å². The summed E-state index contributed by atoms with van der Waals surface area (Å²) in [5, 5.41) is 11.4. The Kier molecular flexibility index (Phi) is 5.09. The highest BCUT2D eigenvalue weighted by Crippen LogP contribution is 2.25. The summed E-state index contributed by atoms with van der Waals surface area (Å²) in [5.74, 6) is 0.885. The molecule has 1 aliphatic heterocycles. The quantitative estimate of drug-likeness (QED) is 0.691. The number of hydrogen-bond acceptors (Lipinski definition) is 3. The van der Waals surface area contributed by atoms with Gasteiger partial charge in [-0.25, -0.2) is 0 Å². The minimum absolute atomic E-state index is 0.0115. The van der Waals surface area contributed by atoms with Gasteiger partial charge < -0.3 is 10.2 Å². The van der Waals surface area contributed by atoms with Crippen molar-refractivity contribution in [3.8, 4) is 11.3 Å². The Bertz CT molecular complexity index is 976. The highest BCUT2D eigenvalue weighted by atomic mass is 35.5. The maximum absolute atomic E-state index is 12.6. The molecule has 3 aromatic rings. The van der Waals surface area contributed by atoms with E-state index in [9.17, 15) is 4.79 Å². The Morgan fingerprint density at radius 2 is 1.86 bits per heavy atom. The van der Waals surface area contributed by atoms with E-state index < -0.39 is 0 Å². The second kappa shape index (κ2) is 7.68. The molecule has 1 aliphatic rings. The number of halogens is 1. The fourth-order valence-corrected chi connectivity index (χ4v) is 3.84. The fourth-order valence-electron chi connectivity index (χ4n) is 3.71. The molecule has 2 N–H and O–H groups in total. The molecule has 0 bridgehead atoms. The highest BCUT2D eigenvalue weighted by Gasteiger charge is 2.26. The molecule has 0 spiro atoms. The first-order chi connectivity index (χ1) is 13.5. The maximum Gasteiger partial charge on any atom is 0.251 e. The van der Waals surface area contributed by atoms with Crippen LogP contribution in [0.4, 0.5) is 5.82 Å². The molecule has 1 saturated heterocycles. The van der Waals surface area contributed by atoms with Crippen LogP contribution in [0, 0.1) is 13.8 Å². The van der Waals surface area contributed by atoms with E-state index in [0.29, 0.717) is 5.02 Å². The monoisotopic (exact) mass is 394 g/mol. The number of hydrogen-bond donors (Lipinski definition) is 2. The molecule has 144 valence electrons. The molecular formula is C22H23ClN4O. The van der Waals surface area contributed by atoms with E-state index in [1.807, 2.05) is 56.3 Å². The number of H-pyrrole nitrogens is 1. The molecule has 1 atom stereocenters.